The van der Waals surface area contributed by atoms with E-state index in [1.165, 1.54) is 16.4 Å². The molecule has 2 atom stereocenters. The number of rotatable bonds is 4. The first-order valence-electron chi connectivity index (χ1n) is 9.31. The van der Waals surface area contributed by atoms with Gasteiger partial charge in [-0.15, -0.1) is 0 Å². The minimum Gasteiger partial charge on any atom is -0.373 e. The fraction of sp³-hybridized carbons (Fsp3) is 0.381. The Morgan fingerprint density at radius 1 is 1.04 bits per heavy atom. The van der Waals surface area contributed by atoms with E-state index in [0.717, 1.165) is 16.8 Å². The number of sulfonamides is 1. The Kier molecular flexibility index (Phi) is 5.88. The number of hydrogen-bond donors (Lipinski definition) is 1. The predicted molar refractivity (Wildman–Crippen MR) is 109 cm³/mol. The lowest BCUT2D eigenvalue weighted by Crippen LogP contribution is -2.48. The van der Waals surface area contributed by atoms with Crippen LogP contribution < -0.4 is 5.32 Å². The predicted octanol–water partition coefficient (Wildman–Crippen LogP) is 3.35. The average Bonchev–Trinajstić information content (AvgIpc) is 2.63. The van der Waals surface area contributed by atoms with E-state index in [1.54, 1.807) is 12.1 Å². The number of nitrogens with zero attached hydrogens (tertiary/aromatic N) is 1. The van der Waals surface area contributed by atoms with Crippen LogP contribution in [0.15, 0.2) is 47.4 Å². The van der Waals surface area contributed by atoms with Crippen LogP contribution in [-0.2, 0) is 14.8 Å². The Labute approximate surface area is 166 Å². The summed E-state index contributed by atoms with van der Waals surface area (Å²) >= 11 is 0. The van der Waals surface area contributed by atoms with E-state index in [9.17, 15) is 13.2 Å². The highest BCUT2D eigenvalue weighted by molar-refractivity contribution is 7.89. The summed E-state index contributed by atoms with van der Waals surface area (Å²) < 4.78 is 32.8. The summed E-state index contributed by atoms with van der Waals surface area (Å²) in [5, 5.41) is 2.87. The summed E-state index contributed by atoms with van der Waals surface area (Å²) in [5.41, 5.74) is 3.24. The van der Waals surface area contributed by atoms with Crippen LogP contribution in [0.2, 0.25) is 0 Å². The Morgan fingerprint density at radius 3 is 2.21 bits per heavy atom. The summed E-state index contributed by atoms with van der Waals surface area (Å²) in [6, 6.07) is 11.8. The van der Waals surface area contributed by atoms with Crippen LogP contribution in [0, 0.1) is 13.8 Å². The van der Waals surface area contributed by atoms with Gasteiger partial charge >= 0.3 is 0 Å². The van der Waals surface area contributed by atoms with Crippen molar-refractivity contribution in [1.82, 2.24) is 4.31 Å². The van der Waals surface area contributed by atoms with Gasteiger partial charge in [-0.25, -0.2) is 8.42 Å². The zero-order chi connectivity index (χ0) is 20.5. The SMILES string of the molecule is Cc1ccc(NC(=O)c2ccc(S(=O)(=O)N3C[C@@H](C)O[C@H](C)C3)cc2)c(C)c1. The maximum atomic E-state index is 12.9. The van der Waals surface area contributed by atoms with Gasteiger partial charge in [-0.05, 0) is 63.6 Å². The molecule has 7 heteroatoms. The molecule has 0 saturated carbocycles. The zero-order valence-electron chi connectivity index (χ0n) is 16.6. The molecule has 1 fully saturated rings. The molecule has 1 amide bonds. The van der Waals surface area contributed by atoms with Crippen LogP contribution in [0.4, 0.5) is 5.69 Å². The molecular weight excluding hydrogens is 376 g/mol. The zero-order valence-corrected chi connectivity index (χ0v) is 17.4. The average molecular weight is 403 g/mol. The lowest BCUT2D eigenvalue weighted by molar-refractivity contribution is -0.0440. The molecule has 2 aromatic carbocycles. The highest BCUT2D eigenvalue weighted by Crippen LogP contribution is 2.22. The van der Waals surface area contributed by atoms with Gasteiger partial charge < -0.3 is 10.1 Å². The van der Waals surface area contributed by atoms with Crippen molar-refractivity contribution < 1.29 is 17.9 Å². The molecular formula is C21H26N2O4S. The Bertz CT molecular complexity index is 960. The van der Waals surface area contributed by atoms with Crippen molar-refractivity contribution in [1.29, 1.82) is 0 Å². The quantitative estimate of drug-likeness (QED) is 0.851. The van der Waals surface area contributed by atoms with E-state index >= 15 is 0 Å². The number of amides is 1. The third kappa shape index (κ3) is 4.43. The molecule has 1 saturated heterocycles. The van der Waals surface area contributed by atoms with Crippen molar-refractivity contribution in [3.63, 3.8) is 0 Å². The number of benzene rings is 2. The van der Waals surface area contributed by atoms with Gasteiger partial charge in [0.1, 0.15) is 0 Å². The second kappa shape index (κ2) is 8.03. The third-order valence-electron chi connectivity index (χ3n) is 4.77. The van der Waals surface area contributed by atoms with E-state index in [4.69, 9.17) is 4.74 Å². The van der Waals surface area contributed by atoms with E-state index in [0.29, 0.717) is 18.7 Å². The molecule has 0 bridgehead atoms. The van der Waals surface area contributed by atoms with Crippen LogP contribution in [-0.4, -0.2) is 43.9 Å². The van der Waals surface area contributed by atoms with Crippen molar-refractivity contribution in [3.8, 4) is 0 Å². The minimum absolute atomic E-state index is 0.152. The normalized spacial score (nSPS) is 20.7. The van der Waals surface area contributed by atoms with E-state index in [1.807, 2.05) is 45.9 Å². The van der Waals surface area contributed by atoms with E-state index < -0.39 is 10.0 Å². The van der Waals surface area contributed by atoms with Gasteiger partial charge in [0.2, 0.25) is 10.0 Å². The Hall–Kier alpha value is -2.22. The van der Waals surface area contributed by atoms with Gasteiger partial charge in [0.05, 0.1) is 17.1 Å². The third-order valence-corrected chi connectivity index (χ3v) is 6.62. The van der Waals surface area contributed by atoms with Crippen molar-refractivity contribution >= 4 is 21.6 Å². The van der Waals surface area contributed by atoms with Crippen LogP contribution in [0.25, 0.3) is 0 Å². The van der Waals surface area contributed by atoms with Crippen molar-refractivity contribution in [2.45, 2.75) is 44.8 Å². The van der Waals surface area contributed by atoms with Crippen molar-refractivity contribution in [3.05, 3.63) is 59.2 Å². The molecule has 2 aromatic rings. The van der Waals surface area contributed by atoms with E-state index in [2.05, 4.69) is 5.32 Å². The van der Waals surface area contributed by atoms with Crippen LogP contribution in [0.5, 0.6) is 0 Å². The smallest absolute Gasteiger partial charge is 0.255 e. The highest BCUT2D eigenvalue weighted by Gasteiger charge is 2.32. The first-order valence-corrected chi connectivity index (χ1v) is 10.7. The summed E-state index contributed by atoms with van der Waals surface area (Å²) in [7, 11) is -3.62. The second-order valence-electron chi connectivity index (χ2n) is 7.38. The number of ether oxygens (including phenoxy) is 1. The van der Waals surface area contributed by atoms with Crippen molar-refractivity contribution in [2.75, 3.05) is 18.4 Å². The van der Waals surface area contributed by atoms with Crippen molar-refractivity contribution in [2.24, 2.45) is 0 Å². The number of carbonyl (C=O) groups excluding carboxylic acids is 1. The topological polar surface area (TPSA) is 75.7 Å². The lowest BCUT2D eigenvalue weighted by Gasteiger charge is -2.34. The van der Waals surface area contributed by atoms with Gasteiger partial charge in [0.25, 0.3) is 5.91 Å². The molecule has 150 valence electrons. The standard InChI is InChI=1S/C21H26N2O4S/c1-14-5-10-20(15(2)11-14)22-21(24)18-6-8-19(9-7-18)28(25,26)23-12-16(3)27-17(4)13-23/h5-11,16-17H,12-13H2,1-4H3,(H,22,24)/t16-,17-/m1/s1. The molecule has 0 radical (unpaired) electrons. The largest absolute Gasteiger partial charge is 0.373 e. The number of carbonyl (C=O) groups is 1. The number of nitrogens with one attached hydrogen (secondary N) is 1. The summed E-state index contributed by atoms with van der Waals surface area (Å²) in [6.07, 6.45) is -0.303. The van der Waals surface area contributed by atoms with Gasteiger partial charge in [0.15, 0.2) is 0 Å². The minimum atomic E-state index is -3.62. The Balaban J connectivity index is 1.76. The fourth-order valence-electron chi connectivity index (χ4n) is 3.40. The molecule has 0 spiro atoms. The van der Waals surface area contributed by atoms with Gasteiger partial charge in [-0.2, -0.15) is 4.31 Å². The molecule has 6 nitrogen and oxygen atoms in total. The molecule has 1 aliphatic heterocycles. The monoisotopic (exact) mass is 402 g/mol. The van der Waals surface area contributed by atoms with E-state index in [-0.39, 0.29) is 23.0 Å². The van der Waals surface area contributed by atoms with Gasteiger partial charge in [-0.3, -0.25) is 4.79 Å². The highest BCUT2D eigenvalue weighted by atomic mass is 32.2. The molecule has 1 aliphatic rings. The maximum absolute atomic E-state index is 12.9. The van der Waals surface area contributed by atoms with Crippen LogP contribution in [0.3, 0.4) is 0 Å². The number of morpholine rings is 1. The van der Waals surface area contributed by atoms with Gasteiger partial charge in [-0.1, -0.05) is 17.7 Å². The summed E-state index contributed by atoms with van der Waals surface area (Å²) in [4.78, 5) is 12.7. The molecule has 1 heterocycles. The number of anilines is 1. The number of aryl methyl sites for hydroxylation is 2. The summed E-state index contributed by atoms with van der Waals surface area (Å²) in [6.45, 7) is 8.29. The first-order chi connectivity index (χ1) is 13.2. The lowest BCUT2D eigenvalue weighted by atomic mass is 10.1. The van der Waals surface area contributed by atoms with Crippen LogP contribution in [0.1, 0.15) is 35.3 Å². The second-order valence-corrected chi connectivity index (χ2v) is 9.31. The number of hydrogen-bond acceptors (Lipinski definition) is 4. The fourth-order valence-corrected chi connectivity index (χ4v) is 4.99. The molecule has 0 aromatic heterocycles. The van der Waals surface area contributed by atoms with Crippen LogP contribution >= 0.6 is 0 Å². The molecule has 28 heavy (non-hydrogen) atoms. The molecule has 0 aliphatic carbocycles. The molecule has 1 N–H and O–H groups in total. The van der Waals surface area contributed by atoms with Gasteiger partial charge in [0, 0.05) is 24.3 Å². The molecule has 0 unspecified atom stereocenters. The molecule has 3 rings (SSSR count). The summed E-state index contributed by atoms with van der Waals surface area (Å²) in [5.74, 6) is -0.274. The first kappa shape index (κ1) is 20.5. The Morgan fingerprint density at radius 2 is 1.64 bits per heavy atom. The maximum Gasteiger partial charge on any atom is 0.255 e.